The summed E-state index contributed by atoms with van der Waals surface area (Å²) in [6, 6.07) is 93.1. The monoisotopic (exact) mass is 1150 g/mol. The molecule has 2 nitrogen and oxygen atoms in total. The highest BCUT2D eigenvalue weighted by atomic mass is 28.3. The molecule has 1 heterocycles. The molecule has 2 aliphatic rings. The highest BCUT2D eigenvalue weighted by molar-refractivity contribution is 6.89. The van der Waals surface area contributed by atoms with E-state index in [2.05, 4.69) is 328 Å². The Morgan fingerprint density at radius 2 is 0.884 bits per heavy atom. The minimum absolute atomic E-state index is 0.0170. The molecule has 2 aliphatic carbocycles. The number of hydrogen-bond acceptors (Lipinski definition) is 2. The van der Waals surface area contributed by atoms with Gasteiger partial charge in [0, 0.05) is 39.3 Å². The van der Waals surface area contributed by atoms with E-state index in [4.69, 9.17) is 4.42 Å². The molecule has 0 saturated carbocycles. The zero-order valence-electron chi connectivity index (χ0n) is 52.0. The molecular formula is C82H77NOSi2. The average molecular weight is 1150 g/mol. The number of furan rings is 1. The van der Waals surface area contributed by atoms with Gasteiger partial charge in [-0.2, -0.15) is 0 Å². The summed E-state index contributed by atoms with van der Waals surface area (Å²) in [5, 5.41) is 5.19. The van der Waals surface area contributed by atoms with E-state index in [0.29, 0.717) is 0 Å². The Bertz CT molecular complexity index is 4430. The molecule has 0 radical (unpaired) electrons. The van der Waals surface area contributed by atoms with Gasteiger partial charge < -0.3 is 9.32 Å². The lowest BCUT2D eigenvalue weighted by Crippen LogP contribution is -2.37. The molecule has 11 aromatic carbocycles. The standard InChI is InChI=1S/C82H77NOSi2/c1-80(2,3)59-36-31-53(32-37-59)76(54-33-44-64(45-34-54)85(7,8)9)58-23-19-22-57(49-58)70-52-74-78(79-77(70)69-27-15-18-30-75(69)84-79)68-48-35-56(51-73(68)82(74)71-28-16-13-25-66(71)67-26-14-17-29-72(67)82)55-21-20-24-63(50-55)83(61-40-38-60(39-41-61)81(4,5)6)62-42-46-65(47-43-62)86(10,11)12/h13-52,76H,1-12H3. The average Bonchev–Trinajstić information content (AvgIpc) is 1.50. The highest BCUT2D eigenvalue weighted by Crippen LogP contribution is 2.65. The van der Waals surface area contributed by atoms with Crippen molar-refractivity contribution in [1.29, 1.82) is 0 Å². The van der Waals surface area contributed by atoms with Crippen LogP contribution in [0.2, 0.25) is 39.3 Å². The number of para-hydroxylation sites is 1. The van der Waals surface area contributed by atoms with Gasteiger partial charge in [0.1, 0.15) is 11.2 Å². The van der Waals surface area contributed by atoms with Crippen LogP contribution in [0.25, 0.3) is 66.4 Å². The van der Waals surface area contributed by atoms with Gasteiger partial charge in [-0.25, -0.2) is 0 Å². The first-order valence-electron chi connectivity index (χ1n) is 30.9. The molecule has 0 aliphatic heterocycles. The molecular weight excluding hydrogens is 1070 g/mol. The van der Waals surface area contributed by atoms with Crippen LogP contribution < -0.4 is 15.3 Å². The van der Waals surface area contributed by atoms with Crippen LogP contribution in [0.3, 0.4) is 0 Å². The van der Waals surface area contributed by atoms with Gasteiger partial charge in [-0.3, -0.25) is 0 Å². The Morgan fingerprint density at radius 1 is 0.372 bits per heavy atom. The summed E-state index contributed by atoms with van der Waals surface area (Å²) in [5.74, 6) is 0.0170. The molecule has 0 N–H and O–H groups in total. The van der Waals surface area contributed by atoms with E-state index in [-0.39, 0.29) is 16.7 Å². The van der Waals surface area contributed by atoms with Crippen molar-refractivity contribution < 1.29 is 4.42 Å². The van der Waals surface area contributed by atoms with Crippen LogP contribution in [0.5, 0.6) is 0 Å². The number of rotatable bonds is 10. The molecule has 86 heavy (non-hydrogen) atoms. The molecule has 0 bridgehead atoms. The van der Waals surface area contributed by atoms with Crippen molar-refractivity contribution in [3.63, 3.8) is 0 Å². The van der Waals surface area contributed by atoms with Crippen LogP contribution in [-0.2, 0) is 16.2 Å². The van der Waals surface area contributed by atoms with Crippen molar-refractivity contribution in [3.05, 3.63) is 293 Å². The number of hydrogen-bond donors (Lipinski definition) is 0. The fourth-order valence-corrected chi connectivity index (χ4v) is 16.5. The van der Waals surface area contributed by atoms with Crippen LogP contribution in [0.4, 0.5) is 17.1 Å². The van der Waals surface area contributed by atoms with E-state index in [1.54, 1.807) is 0 Å². The van der Waals surface area contributed by atoms with Crippen LogP contribution in [0, 0.1) is 0 Å². The zero-order chi connectivity index (χ0) is 59.7. The normalized spacial score (nSPS) is 13.9. The Labute approximate surface area is 511 Å². The van der Waals surface area contributed by atoms with Crippen molar-refractivity contribution >= 4 is 65.5 Å². The maximum Gasteiger partial charge on any atom is 0.144 e. The second-order valence-electron chi connectivity index (χ2n) is 28.5. The predicted octanol–water partition coefficient (Wildman–Crippen LogP) is 21.6. The topological polar surface area (TPSA) is 16.4 Å². The van der Waals surface area contributed by atoms with Gasteiger partial charge in [-0.1, -0.05) is 279 Å². The summed E-state index contributed by atoms with van der Waals surface area (Å²) < 4.78 is 7.38. The molecule has 1 atom stereocenters. The third-order valence-corrected chi connectivity index (χ3v) is 23.0. The zero-order valence-corrected chi connectivity index (χ0v) is 54.0. The minimum Gasteiger partial charge on any atom is -0.455 e. The Kier molecular flexibility index (Phi) is 13.1. The Morgan fingerprint density at radius 3 is 1.49 bits per heavy atom. The quantitative estimate of drug-likeness (QED) is 0.100. The third-order valence-electron chi connectivity index (χ3n) is 18.9. The summed E-state index contributed by atoms with van der Waals surface area (Å²) in [6.45, 7) is 28.3. The van der Waals surface area contributed by atoms with Crippen LogP contribution >= 0.6 is 0 Å². The Hall–Kier alpha value is -8.55. The maximum atomic E-state index is 7.38. The summed E-state index contributed by atoms with van der Waals surface area (Å²) in [7, 11) is -3.07. The number of anilines is 3. The molecule has 0 fully saturated rings. The first-order valence-corrected chi connectivity index (χ1v) is 37.9. The van der Waals surface area contributed by atoms with Crippen LogP contribution in [0.15, 0.2) is 247 Å². The van der Waals surface area contributed by atoms with E-state index < -0.39 is 21.6 Å². The van der Waals surface area contributed by atoms with Crippen molar-refractivity contribution in [3.8, 4) is 44.5 Å². The second kappa shape index (κ2) is 20.3. The van der Waals surface area contributed by atoms with Crippen molar-refractivity contribution in [2.24, 2.45) is 0 Å². The smallest absolute Gasteiger partial charge is 0.144 e. The molecule has 4 heteroatoms. The van der Waals surface area contributed by atoms with Gasteiger partial charge in [0.05, 0.1) is 21.6 Å². The fourth-order valence-electron chi connectivity index (χ4n) is 14.2. The summed E-state index contributed by atoms with van der Waals surface area (Å²) in [4.78, 5) is 2.43. The van der Waals surface area contributed by atoms with Crippen molar-refractivity contribution in [2.45, 2.75) is 103 Å². The molecule has 12 aromatic rings. The summed E-state index contributed by atoms with van der Waals surface area (Å²) in [6.07, 6.45) is 0. The SMILES string of the molecule is CC(C)(C)c1ccc(C(c2ccc([Si](C)(C)C)cc2)c2cccc(-c3cc4c(c5oc6ccccc6c35)-c3ccc(-c5cccc(N(c6ccc(C(C)(C)C)cc6)c6ccc([Si](C)(C)C)cc6)c5)cc3C43c4ccccc4-c4ccccc43)c2)cc1. The molecule has 1 unspecified atom stereocenters. The fraction of sp³-hybridized carbons (Fsp3) is 0.195. The first kappa shape index (κ1) is 55.3. The number of benzene rings is 11. The van der Waals surface area contributed by atoms with Gasteiger partial charge >= 0.3 is 0 Å². The van der Waals surface area contributed by atoms with Crippen molar-refractivity contribution in [1.82, 2.24) is 0 Å². The molecule has 1 aromatic heterocycles. The minimum atomic E-state index is -1.54. The lowest BCUT2D eigenvalue weighted by molar-refractivity contribution is 0.590. The second-order valence-corrected chi connectivity index (χ2v) is 38.7. The molecule has 0 amide bonds. The predicted molar refractivity (Wildman–Crippen MR) is 373 cm³/mol. The van der Waals surface area contributed by atoms with E-state index in [0.717, 1.165) is 44.6 Å². The van der Waals surface area contributed by atoms with Crippen LogP contribution in [0.1, 0.15) is 97.5 Å². The van der Waals surface area contributed by atoms with Gasteiger partial charge in [-0.05, 0) is 154 Å². The third kappa shape index (κ3) is 9.18. The van der Waals surface area contributed by atoms with Crippen molar-refractivity contribution in [2.75, 3.05) is 4.90 Å². The van der Waals surface area contributed by atoms with Gasteiger partial charge in [-0.15, -0.1) is 0 Å². The van der Waals surface area contributed by atoms with E-state index in [9.17, 15) is 0 Å². The molecule has 0 saturated heterocycles. The van der Waals surface area contributed by atoms with Crippen LogP contribution in [-0.4, -0.2) is 16.1 Å². The summed E-state index contributed by atoms with van der Waals surface area (Å²) >= 11 is 0. The van der Waals surface area contributed by atoms with Gasteiger partial charge in [0.25, 0.3) is 0 Å². The number of nitrogens with zero attached hydrogens (tertiary/aromatic N) is 1. The highest BCUT2D eigenvalue weighted by Gasteiger charge is 2.53. The van der Waals surface area contributed by atoms with E-state index >= 15 is 0 Å². The molecule has 14 rings (SSSR count). The first-order chi connectivity index (χ1) is 41.2. The lowest BCUT2D eigenvalue weighted by atomic mass is 9.69. The van der Waals surface area contributed by atoms with E-state index in [1.807, 2.05) is 0 Å². The lowest BCUT2D eigenvalue weighted by Gasteiger charge is -2.31. The Balaban J connectivity index is 0.979. The largest absolute Gasteiger partial charge is 0.455 e. The molecule has 424 valence electrons. The van der Waals surface area contributed by atoms with Gasteiger partial charge in [0.15, 0.2) is 0 Å². The number of fused-ring (bicyclic) bond motifs is 14. The van der Waals surface area contributed by atoms with E-state index in [1.165, 1.54) is 99.4 Å². The summed E-state index contributed by atoms with van der Waals surface area (Å²) in [5.41, 5.74) is 25.9. The maximum absolute atomic E-state index is 7.38. The van der Waals surface area contributed by atoms with Gasteiger partial charge in [0.2, 0.25) is 0 Å². The molecule has 1 spiro atoms.